The number of halogens is 2. The van der Waals surface area contributed by atoms with Crippen molar-refractivity contribution < 1.29 is 47.0 Å². The Hall–Kier alpha value is -6.80. The summed E-state index contributed by atoms with van der Waals surface area (Å²) < 4.78 is 54.8. The molecular formula is C45H46F2N8O9S. The Kier molecular flexibility index (Phi) is 12.4. The van der Waals surface area contributed by atoms with Crippen molar-refractivity contribution in [2.75, 3.05) is 62.7 Å². The number of nitrogens with zero attached hydrogens (tertiary/aromatic N) is 6. The average molecular weight is 913 g/mol. The predicted octanol–water partition coefficient (Wildman–Crippen LogP) is 8.47. The van der Waals surface area contributed by atoms with Crippen molar-refractivity contribution >= 4 is 73.2 Å². The molecule has 5 aromatic rings. The lowest BCUT2D eigenvalue weighted by Crippen LogP contribution is -2.49. The number of nitro groups is 1. The molecule has 2 N–H and O–H groups in total. The molecule has 5 heterocycles. The smallest absolute Gasteiger partial charge is 0.461 e. The SMILES string of the molecule is C=C(COC(=O)Oc1ccc([N+](=O)[O-])cc1)C(=O)N1CCN(c2nc(OCC34CCCN3CCC4)nc3c(F)c(-c4ccc(F)c5sc(NC(=O)OC(C)(C)C)c(C=N)c45)ccc23)CC1. The molecule has 0 bridgehead atoms. The van der Waals surface area contributed by atoms with Gasteiger partial charge in [-0.2, -0.15) is 9.97 Å². The van der Waals surface area contributed by atoms with E-state index in [9.17, 15) is 24.5 Å². The van der Waals surface area contributed by atoms with Crippen LogP contribution in [-0.2, 0) is 14.3 Å². The van der Waals surface area contributed by atoms with Gasteiger partial charge in [-0.15, -0.1) is 11.3 Å². The van der Waals surface area contributed by atoms with Crippen LogP contribution in [0.5, 0.6) is 11.8 Å². The highest BCUT2D eigenvalue weighted by molar-refractivity contribution is 7.23. The van der Waals surface area contributed by atoms with Crippen LogP contribution < -0.4 is 19.7 Å². The number of nitrogens with one attached hydrogen (secondary N) is 2. The molecule has 2 aromatic heterocycles. The van der Waals surface area contributed by atoms with Crippen molar-refractivity contribution in [1.82, 2.24) is 19.8 Å². The van der Waals surface area contributed by atoms with E-state index in [-0.39, 0.29) is 92.0 Å². The summed E-state index contributed by atoms with van der Waals surface area (Å²) in [6.45, 7) is 11.7. The highest BCUT2D eigenvalue weighted by Crippen LogP contribution is 2.44. The normalized spacial score (nSPS) is 16.0. The Morgan fingerprint density at radius 1 is 0.985 bits per heavy atom. The molecule has 20 heteroatoms. The van der Waals surface area contributed by atoms with Crippen LogP contribution in [0.2, 0.25) is 0 Å². The predicted molar refractivity (Wildman–Crippen MR) is 239 cm³/mol. The number of amides is 2. The fourth-order valence-electron chi connectivity index (χ4n) is 8.66. The van der Waals surface area contributed by atoms with Gasteiger partial charge in [0.15, 0.2) is 5.82 Å². The highest BCUT2D eigenvalue weighted by Gasteiger charge is 2.45. The number of rotatable bonds is 12. The third kappa shape index (κ3) is 9.26. The lowest BCUT2D eigenvalue weighted by molar-refractivity contribution is -0.384. The fourth-order valence-corrected chi connectivity index (χ4v) is 9.76. The first-order valence-corrected chi connectivity index (χ1v) is 21.8. The number of aromatic nitrogens is 2. The van der Waals surface area contributed by atoms with E-state index in [2.05, 4.69) is 21.8 Å². The zero-order valence-corrected chi connectivity index (χ0v) is 36.7. The molecule has 3 saturated heterocycles. The summed E-state index contributed by atoms with van der Waals surface area (Å²) in [7, 11) is 0. The zero-order valence-electron chi connectivity index (χ0n) is 35.9. The summed E-state index contributed by atoms with van der Waals surface area (Å²) in [6, 6.07) is 10.7. The third-order valence-corrected chi connectivity index (χ3v) is 12.8. The maximum absolute atomic E-state index is 17.3. The summed E-state index contributed by atoms with van der Waals surface area (Å²) in [4.78, 5) is 64.2. The fraction of sp³-hybridized carbons (Fsp3) is 0.378. The minimum Gasteiger partial charge on any atom is -0.461 e. The van der Waals surface area contributed by atoms with Gasteiger partial charge >= 0.3 is 18.3 Å². The summed E-state index contributed by atoms with van der Waals surface area (Å²) in [5.74, 6) is -1.39. The quantitative estimate of drug-likeness (QED) is 0.0302. The van der Waals surface area contributed by atoms with E-state index in [0.29, 0.717) is 17.8 Å². The van der Waals surface area contributed by atoms with Crippen molar-refractivity contribution in [3.63, 3.8) is 0 Å². The number of ether oxygens (including phenoxy) is 4. The van der Waals surface area contributed by atoms with Gasteiger partial charge in [-0.05, 0) is 89.4 Å². The van der Waals surface area contributed by atoms with Crippen LogP contribution in [0.25, 0.3) is 32.1 Å². The largest absolute Gasteiger partial charge is 0.514 e. The van der Waals surface area contributed by atoms with Crippen LogP contribution in [0.3, 0.4) is 0 Å². The van der Waals surface area contributed by atoms with Crippen LogP contribution in [0, 0.1) is 27.2 Å². The third-order valence-electron chi connectivity index (χ3n) is 11.7. The lowest BCUT2D eigenvalue weighted by atomic mass is 9.95. The zero-order chi connectivity index (χ0) is 46.2. The lowest BCUT2D eigenvalue weighted by Gasteiger charge is -2.36. The summed E-state index contributed by atoms with van der Waals surface area (Å²) in [5, 5.41) is 22.6. The molecule has 8 rings (SSSR count). The van der Waals surface area contributed by atoms with Gasteiger partial charge < -0.3 is 34.2 Å². The van der Waals surface area contributed by atoms with Crippen molar-refractivity contribution in [1.29, 1.82) is 5.41 Å². The summed E-state index contributed by atoms with van der Waals surface area (Å²) >= 11 is 0.911. The number of nitro benzene ring substituents is 1. The molecule has 0 unspecified atom stereocenters. The van der Waals surface area contributed by atoms with Gasteiger partial charge in [0, 0.05) is 72.0 Å². The molecule has 0 saturated carbocycles. The molecule has 3 aliphatic rings. The van der Waals surface area contributed by atoms with Crippen LogP contribution in [0.1, 0.15) is 52.0 Å². The Morgan fingerprint density at radius 3 is 2.34 bits per heavy atom. The number of carbonyl (C=O) groups excluding carboxylic acids is 3. The van der Waals surface area contributed by atoms with Gasteiger partial charge in [-0.3, -0.25) is 25.1 Å². The molecule has 3 aliphatic heterocycles. The van der Waals surface area contributed by atoms with E-state index in [0.717, 1.165) is 56.3 Å². The highest BCUT2D eigenvalue weighted by atomic mass is 32.1. The molecule has 340 valence electrons. The number of carbonyl (C=O) groups is 3. The molecule has 0 radical (unpaired) electrons. The van der Waals surface area contributed by atoms with Crippen LogP contribution in [-0.4, -0.2) is 113 Å². The number of anilines is 2. The summed E-state index contributed by atoms with van der Waals surface area (Å²) in [5.41, 5.74) is -0.684. The second kappa shape index (κ2) is 18.0. The van der Waals surface area contributed by atoms with Crippen molar-refractivity contribution in [3.8, 4) is 22.9 Å². The van der Waals surface area contributed by atoms with Gasteiger partial charge in [0.2, 0.25) is 0 Å². The Balaban J connectivity index is 1.05. The van der Waals surface area contributed by atoms with Crippen LogP contribution in [0.4, 0.5) is 34.9 Å². The molecular weight excluding hydrogens is 867 g/mol. The summed E-state index contributed by atoms with van der Waals surface area (Å²) in [6.07, 6.45) is 3.08. The minimum absolute atomic E-state index is 0.0106. The number of fused-ring (bicyclic) bond motifs is 3. The molecule has 0 spiro atoms. The Labute approximate surface area is 375 Å². The van der Waals surface area contributed by atoms with Gasteiger partial charge in [0.05, 0.1) is 15.2 Å². The number of hydrogen-bond donors (Lipinski definition) is 2. The van der Waals surface area contributed by atoms with E-state index in [1.807, 2.05) is 4.90 Å². The first-order chi connectivity index (χ1) is 31.0. The van der Waals surface area contributed by atoms with E-state index in [1.54, 1.807) is 37.8 Å². The molecule has 3 aromatic carbocycles. The molecule has 17 nitrogen and oxygen atoms in total. The minimum atomic E-state index is -1.12. The molecule has 0 aliphatic carbocycles. The van der Waals surface area contributed by atoms with E-state index in [1.165, 1.54) is 36.4 Å². The number of hydrogen-bond acceptors (Lipinski definition) is 15. The topological polar surface area (TPSA) is 203 Å². The van der Waals surface area contributed by atoms with Crippen LogP contribution >= 0.6 is 11.3 Å². The molecule has 65 heavy (non-hydrogen) atoms. The Bertz CT molecular complexity index is 2720. The van der Waals surface area contributed by atoms with Crippen LogP contribution in [0.15, 0.2) is 60.7 Å². The molecule has 0 atom stereocenters. The van der Waals surface area contributed by atoms with Gasteiger partial charge in [0.1, 0.15) is 46.7 Å². The monoisotopic (exact) mass is 912 g/mol. The maximum atomic E-state index is 17.3. The number of thiophene rings is 1. The first-order valence-electron chi connectivity index (χ1n) is 21.0. The molecule has 2 amide bonds. The van der Waals surface area contributed by atoms with E-state index in [4.69, 9.17) is 29.3 Å². The molecule has 3 fully saturated rings. The average Bonchev–Trinajstić information content (AvgIpc) is 3.98. The van der Waals surface area contributed by atoms with Crippen molar-refractivity contribution in [2.45, 2.75) is 57.6 Å². The number of piperazine rings is 1. The maximum Gasteiger partial charge on any atom is 0.514 e. The van der Waals surface area contributed by atoms with E-state index < -0.39 is 46.9 Å². The van der Waals surface area contributed by atoms with Gasteiger partial charge in [-0.25, -0.2) is 18.4 Å². The number of benzene rings is 3. The second-order valence-corrected chi connectivity index (χ2v) is 18.1. The standard InChI is InChI=1S/C45H46F2N8O9S/c1-26(24-61-43(58)63-28-9-7-27(8-10-28)55(59)60)40(56)53-21-19-52(20-22-53)38-31-12-11-30(35(47)36(31)49-41(50-38)62-25-45-15-5-17-54(45)18-6-16-45)29-13-14-33(46)37-34(29)32(23-48)39(65-37)51-42(57)64-44(2,3)4/h7-14,23,48H,1,5-6,15-22,24-25H2,2-4H3,(H,51,57). The van der Waals surface area contributed by atoms with Crippen molar-refractivity contribution in [3.05, 3.63) is 88.0 Å². The van der Waals surface area contributed by atoms with Gasteiger partial charge in [0.25, 0.3) is 11.6 Å². The second-order valence-electron chi connectivity index (χ2n) is 17.0. The van der Waals surface area contributed by atoms with Crippen molar-refractivity contribution in [2.24, 2.45) is 0 Å². The van der Waals surface area contributed by atoms with E-state index >= 15 is 8.78 Å². The number of non-ortho nitro benzene ring substituents is 1. The van der Waals surface area contributed by atoms with Gasteiger partial charge in [-0.1, -0.05) is 18.7 Å². The first kappa shape index (κ1) is 44.8. The Morgan fingerprint density at radius 2 is 1.68 bits per heavy atom.